The Morgan fingerprint density at radius 3 is 2.27 bits per heavy atom. The molecule has 0 aliphatic heterocycles. The van der Waals surface area contributed by atoms with Crippen molar-refractivity contribution < 1.29 is 24.5 Å². The van der Waals surface area contributed by atoms with Gasteiger partial charge in [-0.3, -0.25) is 0 Å². The van der Waals surface area contributed by atoms with Crippen LogP contribution in [-0.4, -0.2) is 48.9 Å². The summed E-state index contributed by atoms with van der Waals surface area (Å²) < 4.78 is 4.85. The summed E-state index contributed by atoms with van der Waals surface area (Å²) in [5.74, 6) is -1.08. The zero-order valence-electron chi connectivity index (χ0n) is 6.23. The lowest BCUT2D eigenvalue weighted by Crippen LogP contribution is -2.35. The van der Waals surface area contributed by atoms with Crippen LogP contribution >= 0.6 is 0 Å². The van der Waals surface area contributed by atoms with Crippen LogP contribution in [0.4, 0.5) is 0 Å². The minimum atomic E-state index is -2.08. The highest BCUT2D eigenvalue weighted by atomic mass is 28.3. The second-order valence-electron chi connectivity index (χ2n) is 2.10. The first kappa shape index (κ1) is 10.6. The Bertz CT molecular complexity index is 124. The third kappa shape index (κ3) is 4.09. The van der Waals surface area contributed by atoms with Crippen LogP contribution in [0.5, 0.6) is 0 Å². The molecule has 6 heteroatoms. The Morgan fingerprint density at radius 1 is 1.55 bits per heavy atom. The molecule has 0 saturated heterocycles. The fourth-order valence-corrected chi connectivity index (χ4v) is 1.47. The molecule has 0 amide bonds. The van der Waals surface area contributed by atoms with E-state index < -0.39 is 21.1 Å². The monoisotopic (exact) mass is 180 g/mol. The molecule has 0 aromatic rings. The van der Waals surface area contributed by atoms with E-state index in [9.17, 15) is 4.79 Å². The Balaban J connectivity index is 3.71. The second-order valence-corrected chi connectivity index (χ2v) is 4.35. The predicted octanol–water partition coefficient (Wildman–Crippen LogP) is -1.74. The van der Waals surface area contributed by atoms with Gasteiger partial charge in [0.2, 0.25) is 9.04 Å². The van der Waals surface area contributed by atoms with Gasteiger partial charge >= 0.3 is 5.97 Å². The number of hydrogen-bond donors (Lipinski definition) is 3. The standard InChI is InChI=1S/C5H12O5Si/c1-4(5(8)9)10-11(2-6)3-7/h4,6-7,11H,2-3H2,1H3,(H,8,9). The quantitative estimate of drug-likeness (QED) is 0.437. The van der Waals surface area contributed by atoms with Gasteiger partial charge in [0.1, 0.15) is 6.10 Å². The van der Waals surface area contributed by atoms with Gasteiger partial charge in [-0.1, -0.05) is 0 Å². The van der Waals surface area contributed by atoms with E-state index in [4.69, 9.17) is 19.7 Å². The van der Waals surface area contributed by atoms with Crippen molar-refractivity contribution in [2.75, 3.05) is 12.5 Å². The van der Waals surface area contributed by atoms with Crippen LogP contribution < -0.4 is 0 Å². The molecule has 0 rings (SSSR count). The highest BCUT2D eigenvalue weighted by molar-refractivity contribution is 6.51. The van der Waals surface area contributed by atoms with Gasteiger partial charge in [-0.2, -0.15) is 0 Å². The number of aliphatic hydroxyl groups is 2. The lowest BCUT2D eigenvalue weighted by molar-refractivity contribution is -0.144. The van der Waals surface area contributed by atoms with Crippen molar-refractivity contribution in [1.29, 1.82) is 0 Å². The molecule has 1 atom stereocenters. The van der Waals surface area contributed by atoms with E-state index in [0.717, 1.165) is 0 Å². The van der Waals surface area contributed by atoms with Crippen LogP contribution in [0, 0.1) is 0 Å². The van der Waals surface area contributed by atoms with Gasteiger partial charge in [-0.05, 0) is 6.92 Å². The molecule has 0 aliphatic rings. The van der Waals surface area contributed by atoms with Gasteiger partial charge in [-0.25, -0.2) is 4.79 Å². The predicted molar refractivity (Wildman–Crippen MR) is 39.5 cm³/mol. The van der Waals surface area contributed by atoms with E-state index in [1.54, 1.807) is 0 Å². The van der Waals surface area contributed by atoms with Crippen molar-refractivity contribution in [1.82, 2.24) is 0 Å². The first-order chi connectivity index (χ1) is 5.11. The minimum absolute atomic E-state index is 0.242. The molecule has 3 N–H and O–H groups in total. The second kappa shape index (κ2) is 5.25. The number of carboxylic acids is 1. The van der Waals surface area contributed by atoms with E-state index in [1.165, 1.54) is 6.92 Å². The average Bonchev–Trinajstić information content (AvgIpc) is 1.99. The highest BCUT2D eigenvalue weighted by Crippen LogP contribution is 1.93. The Hall–Kier alpha value is -0.433. The molecular formula is C5H12O5Si. The number of carbonyl (C=O) groups is 1. The van der Waals surface area contributed by atoms with Crippen LogP contribution in [0.1, 0.15) is 6.92 Å². The largest absolute Gasteiger partial charge is 0.479 e. The lowest BCUT2D eigenvalue weighted by atomic mass is 10.4. The number of carboxylic acid groups (broad SMARTS) is 1. The molecule has 0 bridgehead atoms. The highest BCUT2D eigenvalue weighted by Gasteiger charge is 2.18. The van der Waals surface area contributed by atoms with Gasteiger partial charge in [0.25, 0.3) is 0 Å². The molecule has 66 valence electrons. The van der Waals surface area contributed by atoms with Crippen molar-refractivity contribution in [3.05, 3.63) is 0 Å². The molecular weight excluding hydrogens is 168 g/mol. The lowest BCUT2D eigenvalue weighted by Gasteiger charge is -2.14. The fourth-order valence-electron chi connectivity index (χ4n) is 0.491. The van der Waals surface area contributed by atoms with Crippen LogP contribution in [0.3, 0.4) is 0 Å². The summed E-state index contributed by atoms with van der Waals surface area (Å²) in [6.45, 7) is 1.37. The van der Waals surface area contributed by atoms with Crippen molar-refractivity contribution in [2.24, 2.45) is 0 Å². The maximum absolute atomic E-state index is 10.2. The topological polar surface area (TPSA) is 87.0 Å². The minimum Gasteiger partial charge on any atom is -0.479 e. The molecule has 0 saturated carbocycles. The summed E-state index contributed by atoms with van der Waals surface area (Å²) >= 11 is 0. The molecule has 0 fully saturated rings. The third-order valence-corrected chi connectivity index (χ3v) is 2.76. The first-order valence-corrected chi connectivity index (χ1v) is 5.32. The van der Waals surface area contributed by atoms with Gasteiger partial charge in [-0.15, -0.1) is 0 Å². The van der Waals surface area contributed by atoms with Crippen molar-refractivity contribution in [3.8, 4) is 0 Å². The summed E-state index contributed by atoms with van der Waals surface area (Å²) in [5, 5.41) is 25.4. The summed E-state index contributed by atoms with van der Waals surface area (Å²) in [4.78, 5) is 10.2. The van der Waals surface area contributed by atoms with Crippen LogP contribution in [0.15, 0.2) is 0 Å². The molecule has 0 radical (unpaired) electrons. The summed E-state index contributed by atoms with van der Waals surface area (Å²) in [6, 6.07) is 0. The third-order valence-electron chi connectivity index (χ3n) is 1.15. The van der Waals surface area contributed by atoms with E-state index >= 15 is 0 Å². The molecule has 0 aliphatic carbocycles. The smallest absolute Gasteiger partial charge is 0.331 e. The van der Waals surface area contributed by atoms with E-state index in [1.807, 2.05) is 0 Å². The van der Waals surface area contributed by atoms with Crippen LogP contribution in [0.25, 0.3) is 0 Å². The van der Waals surface area contributed by atoms with E-state index in [-0.39, 0.29) is 12.5 Å². The number of aliphatic hydroxyl groups excluding tert-OH is 2. The molecule has 0 aromatic heterocycles. The van der Waals surface area contributed by atoms with Crippen molar-refractivity contribution in [3.63, 3.8) is 0 Å². The van der Waals surface area contributed by atoms with E-state index in [2.05, 4.69) is 0 Å². The Labute approximate surface area is 66.0 Å². The SMILES string of the molecule is CC(O[SiH](CO)CO)C(=O)O. The van der Waals surface area contributed by atoms with Gasteiger partial charge in [0.05, 0.1) is 12.5 Å². The number of rotatable bonds is 5. The molecule has 0 heterocycles. The maximum atomic E-state index is 10.2. The number of aliphatic carboxylic acids is 1. The zero-order valence-corrected chi connectivity index (χ0v) is 7.38. The van der Waals surface area contributed by atoms with Crippen LogP contribution in [0.2, 0.25) is 0 Å². The number of hydrogen-bond acceptors (Lipinski definition) is 4. The fraction of sp³-hybridized carbons (Fsp3) is 0.800. The molecule has 0 spiro atoms. The molecule has 5 nitrogen and oxygen atoms in total. The van der Waals surface area contributed by atoms with E-state index in [0.29, 0.717) is 0 Å². The molecule has 0 aromatic carbocycles. The zero-order chi connectivity index (χ0) is 8.85. The molecule has 11 heavy (non-hydrogen) atoms. The van der Waals surface area contributed by atoms with Crippen molar-refractivity contribution >= 4 is 15.0 Å². The van der Waals surface area contributed by atoms with Gasteiger partial charge in [0.15, 0.2) is 0 Å². The molecule has 1 unspecified atom stereocenters. The normalized spacial score (nSPS) is 13.5. The Morgan fingerprint density at radius 2 is 2.00 bits per heavy atom. The van der Waals surface area contributed by atoms with Crippen LogP contribution in [-0.2, 0) is 9.22 Å². The average molecular weight is 180 g/mol. The summed E-state index contributed by atoms with van der Waals surface area (Å²) in [6.07, 6.45) is -1.42. The summed E-state index contributed by atoms with van der Waals surface area (Å²) in [7, 11) is -2.08. The summed E-state index contributed by atoms with van der Waals surface area (Å²) in [5.41, 5.74) is 0. The van der Waals surface area contributed by atoms with Gasteiger partial charge in [0, 0.05) is 0 Å². The first-order valence-electron chi connectivity index (χ1n) is 3.21. The maximum Gasteiger partial charge on any atom is 0.331 e. The van der Waals surface area contributed by atoms with Gasteiger partial charge < -0.3 is 19.7 Å². The Kier molecular flexibility index (Phi) is 5.04. The van der Waals surface area contributed by atoms with Crippen molar-refractivity contribution in [2.45, 2.75) is 13.0 Å².